The summed E-state index contributed by atoms with van der Waals surface area (Å²) in [6, 6.07) is 7.98. The van der Waals surface area contributed by atoms with Gasteiger partial charge in [-0.25, -0.2) is 9.97 Å². The summed E-state index contributed by atoms with van der Waals surface area (Å²) in [6.45, 7) is 3.16. The summed E-state index contributed by atoms with van der Waals surface area (Å²) in [5.74, 6) is 0.837. The summed E-state index contributed by atoms with van der Waals surface area (Å²) in [6.07, 6.45) is 4.92. The van der Waals surface area contributed by atoms with E-state index in [9.17, 15) is 4.79 Å². The number of carbonyl (C=O) groups excluding carboxylic acids is 1. The van der Waals surface area contributed by atoms with Crippen molar-refractivity contribution < 1.29 is 13.9 Å². The number of nitrogens with one attached hydrogen (secondary N) is 1. The van der Waals surface area contributed by atoms with Crippen LogP contribution in [0.5, 0.6) is 0 Å². The van der Waals surface area contributed by atoms with Gasteiger partial charge in [0.1, 0.15) is 11.3 Å². The number of nitrogens with zero attached hydrogens (tertiary/aromatic N) is 4. The summed E-state index contributed by atoms with van der Waals surface area (Å²) in [7, 11) is 1.81. The second-order valence-electron chi connectivity index (χ2n) is 8.60. The number of amides is 1. The molecule has 168 valence electrons. The Labute approximate surface area is 190 Å². The maximum atomic E-state index is 12.1. The van der Waals surface area contributed by atoms with E-state index in [1.807, 2.05) is 25.2 Å². The Hall–Kier alpha value is -3.72. The predicted molar refractivity (Wildman–Crippen MR) is 125 cm³/mol. The number of oxazole rings is 1. The van der Waals surface area contributed by atoms with Crippen molar-refractivity contribution in [2.24, 2.45) is 5.73 Å². The lowest BCUT2D eigenvalue weighted by molar-refractivity contribution is -0.120. The number of hydrogen-bond donors (Lipinski definition) is 2. The minimum Gasteiger partial charge on any atom is -0.436 e. The van der Waals surface area contributed by atoms with E-state index >= 15 is 0 Å². The van der Waals surface area contributed by atoms with Crippen LogP contribution >= 0.6 is 0 Å². The molecule has 4 aromatic rings. The number of carbonyl (C=O) groups is 1. The first-order chi connectivity index (χ1) is 16.1. The Morgan fingerprint density at radius 3 is 2.67 bits per heavy atom. The predicted octanol–water partition coefficient (Wildman–Crippen LogP) is 2.83. The zero-order valence-electron chi connectivity index (χ0n) is 18.3. The highest BCUT2D eigenvalue weighted by molar-refractivity contribution is 6.02. The average molecular weight is 444 g/mol. The lowest BCUT2D eigenvalue weighted by Gasteiger charge is -2.28. The van der Waals surface area contributed by atoms with Gasteiger partial charge in [0, 0.05) is 49.0 Å². The quantitative estimate of drug-likeness (QED) is 0.482. The highest BCUT2D eigenvalue weighted by Crippen LogP contribution is 2.48. The second-order valence-corrected chi connectivity index (χ2v) is 8.60. The van der Waals surface area contributed by atoms with E-state index in [0.717, 1.165) is 53.8 Å². The van der Waals surface area contributed by atoms with Gasteiger partial charge in [-0.1, -0.05) is 0 Å². The van der Waals surface area contributed by atoms with Gasteiger partial charge in [0.25, 0.3) is 0 Å². The Morgan fingerprint density at radius 2 is 1.94 bits per heavy atom. The number of ether oxygens (including phenoxy) is 1. The molecule has 0 atom stereocenters. The minimum absolute atomic E-state index is 0.337. The number of pyridine rings is 2. The third-order valence-electron chi connectivity index (χ3n) is 6.70. The smallest absolute Gasteiger partial charge is 0.229 e. The van der Waals surface area contributed by atoms with Gasteiger partial charge in [-0.2, -0.15) is 0 Å². The first kappa shape index (κ1) is 19.9. The second kappa shape index (κ2) is 7.41. The van der Waals surface area contributed by atoms with Crippen LogP contribution in [-0.4, -0.2) is 54.2 Å². The lowest BCUT2D eigenvalue weighted by Crippen LogP contribution is -2.36. The van der Waals surface area contributed by atoms with E-state index in [2.05, 4.69) is 26.3 Å². The highest BCUT2D eigenvalue weighted by Gasteiger charge is 2.51. The molecule has 1 amide bonds. The summed E-state index contributed by atoms with van der Waals surface area (Å²) >= 11 is 0. The van der Waals surface area contributed by atoms with Crippen molar-refractivity contribution in [3.05, 3.63) is 42.4 Å². The fourth-order valence-corrected chi connectivity index (χ4v) is 4.57. The summed E-state index contributed by atoms with van der Waals surface area (Å²) in [4.78, 5) is 28.3. The number of primary amides is 1. The molecule has 4 heterocycles. The van der Waals surface area contributed by atoms with Crippen molar-refractivity contribution >= 4 is 39.3 Å². The van der Waals surface area contributed by atoms with Crippen LogP contribution in [0, 0.1) is 0 Å². The minimum atomic E-state index is -0.678. The molecule has 0 unspecified atom stereocenters. The van der Waals surface area contributed by atoms with Gasteiger partial charge in [0.15, 0.2) is 5.58 Å². The van der Waals surface area contributed by atoms with E-state index in [0.29, 0.717) is 35.8 Å². The fraction of sp³-hybridized carbons (Fsp3) is 0.333. The molecule has 9 nitrogen and oxygen atoms in total. The molecule has 3 aromatic heterocycles. The Bertz CT molecular complexity index is 1390. The first-order valence-corrected chi connectivity index (χ1v) is 11.1. The topological polar surface area (TPSA) is 119 Å². The number of nitrogens with two attached hydrogens (primary N) is 1. The van der Waals surface area contributed by atoms with Crippen LogP contribution in [0.3, 0.4) is 0 Å². The fourth-order valence-electron chi connectivity index (χ4n) is 4.57. The molecular formula is C24H24N6O3. The van der Waals surface area contributed by atoms with Gasteiger partial charge in [0.05, 0.1) is 29.9 Å². The molecule has 0 spiro atoms. The standard InChI is InChI=1S/C24H24N6O3/c1-26-21-16-12-27-20(24(4-5-24)23(25)31)11-15(16)17(13-28-21)22-29-18-10-14(2-3-19(18)33-22)30-6-8-32-9-7-30/h2-3,10-13H,4-9H2,1H3,(H2,25,31)(H,26,28). The molecule has 33 heavy (non-hydrogen) atoms. The van der Waals surface area contributed by atoms with Crippen molar-refractivity contribution in [3.63, 3.8) is 0 Å². The van der Waals surface area contributed by atoms with E-state index in [1.54, 1.807) is 12.4 Å². The van der Waals surface area contributed by atoms with E-state index in [1.165, 1.54) is 0 Å². The van der Waals surface area contributed by atoms with Gasteiger partial charge < -0.3 is 25.1 Å². The van der Waals surface area contributed by atoms with E-state index < -0.39 is 5.41 Å². The first-order valence-electron chi connectivity index (χ1n) is 11.1. The van der Waals surface area contributed by atoms with Gasteiger partial charge in [-0.3, -0.25) is 9.78 Å². The van der Waals surface area contributed by atoms with Gasteiger partial charge in [-0.05, 0) is 37.1 Å². The maximum absolute atomic E-state index is 12.1. The number of hydrogen-bond acceptors (Lipinski definition) is 8. The molecular weight excluding hydrogens is 420 g/mol. The van der Waals surface area contributed by atoms with Crippen molar-refractivity contribution in [1.82, 2.24) is 15.0 Å². The molecule has 3 N–H and O–H groups in total. The number of aromatic nitrogens is 3. The molecule has 6 rings (SSSR count). The van der Waals surface area contributed by atoms with Crippen LogP contribution < -0.4 is 16.0 Å². The Morgan fingerprint density at radius 1 is 1.12 bits per heavy atom. The Balaban J connectivity index is 1.48. The number of rotatable bonds is 5. The van der Waals surface area contributed by atoms with Crippen molar-refractivity contribution in [3.8, 4) is 11.5 Å². The molecule has 2 fully saturated rings. The van der Waals surface area contributed by atoms with Crippen LogP contribution in [0.15, 0.2) is 41.1 Å². The maximum Gasteiger partial charge on any atom is 0.229 e. The van der Waals surface area contributed by atoms with Crippen molar-refractivity contribution in [2.45, 2.75) is 18.3 Å². The summed E-state index contributed by atoms with van der Waals surface area (Å²) in [5.41, 5.74) is 9.04. The SMILES string of the molecule is CNc1ncc(-c2nc3cc(N4CCOCC4)ccc3o2)c2cc(C3(C(N)=O)CC3)ncc12. The van der Waals surface area contributed by atoms with Crippen LogP contribution in [-0.2, 0) is 14.9 Å². The third-order valence-corrected chi connectivity index (χ3v) is 6.70. The molecule has 1 saturated carbocycles. The molecule has 9 heteroatoms. The molecule has 1 aliphatic carbocycles. The zero-order chi connectivity index (χ0) is 22.6. The van der Waals surface area contributed by atoms with Crippen LogP contribution in [0.2, 0.25) is 0 Å². The van der Waals surface area contributed by atoms with Crippen molar-refractivity contribution in [1.29, 1.82) is 0 Å². The van der Waals surface area contributed by atoms with E-state index in [4.69, 9.17) is 19.9 Å². The van der Waals surface area contributed by atoms with Gasteiger partial charge in [-0.15, -0.1) is 0 Å². The zero-order valence-corrected chi connectivity index (χ0v) is 18.3. The van der Waals surface area contributed by atoms with Gasteiger partial charge >= 0.3 is 0 Å². The molecule has 2 aliphatic rings. The normalized spacial score (nSPS) is 17.4. The Kier molecular flexibility index (Phi) is 4.48. The van der Waals surface area contributed by atoms with Crippen LogP contribution in [0.4, 0.5) is 11.5 Å². The number of fused-ring (bicyclic) bond motifs is 2. The molecule has 1 aromatic carbocycles. The van der Waals surface area contributed by atoms with Crippen molar-refractivity contribution in [2.75, 3.05) is 43.6 Å². The number of morpholine rings is 1. The molecule has 1 aliphatic heterocycles. The highest BCUT2D eigenvalue weighted by atomic mass is 16.5. The molecule has 0 bridgehead atoms. The van der Waals surface area contributed by atoms with Crippen LogP contribution in [0.1, 0.15) is 18.5 Å². The summed E-state index contributed by atoms with van der Waals surface area (Å²) in [5, 5.41) is 4.80. The number of benzene rings is 1. The number of anilines is 2. The summed E-state index contributed by atoms with van der Waals surface area (Å²) < 4.78 is 11.6. The van der Waals surface area contributed by atoms with Crippen LogP contribution in [0.25, 0.3) is 33.3 Å². The van der Waals surface area contributed by atoms with E-state index in [-0.39, 0.29) is 5.91 Å². The monoisotopic (exact) mass is 444 g/mol. The third kappa shape index (κ3) is 3.19. The molecule has 1 saturated heterocycles. The lowest BCUT2D eigenvalue weighted by atomic mass is 9.98. The largest absolute Gasteiger partial charge is 0.436 e. The average Bonchev–Trinajstić information content (AvgIpc) is 3.57. The molecule has 0 radical (unpaired) electrons. The van der Waals surface area contributed by atoms with Gasteiger partial charge in [0.2, 0.25) is 11.8 Å².